The lowest BCUT2D eigenvalue weighted by molar-refractivity contribution is -0.134. The van der Waals surface area contributed by atoms with Gasteiger partial charge in [0.15, 0.2) is 0 Å². The summed E-state index contributed by atoms with van der Waals surface area (Å²) in [6.07, 6.45) is 4.11. The maximum Gasteiger partial charge on any atom is 0.239 e. The summed E-state index contributed by atoms with van der Waals surface area (Å²) in [5.74, 6) is -0.305. The zero-order valence-corrected chi connectivity index (χ0v) is 12.0. The molecule has 0 aliphatic heterocycles. The van der Waals surface area contributed by atoms with Gasteiger partial charge in [-0.2, -0.15) is 0 Å². The highest BCUT2D eigenvalue weighted by atomic mass is 16.5. The lowest BCUT2D eigenvalue weighted by Gasteiger charge is -2.20. The van der Waals surface area contributed by atoms with Crippen molar-refractivity contribution in [3.63, 3.8) is 0 Å². The number of carbonyl (C=O) groups excluding carboxylic acids is 2. The van der Waals surface area contributed by atoms with Crippen molar-refractivity contribution < 1.29 is 14.3 Å². The van der Waals surface area contributed by atoms with Crippen LogP contribution in [0.1, 0.15) is 18.9 Å². The second-order valence-electron chi connectivity index (χ2n) is 4.43. The summed E-state index contributed by atoms with van der Waals surface area (Å²) < 4.78 is 4.90. The lowest BCUT2D eigenvalue weighted by atomic mass is 10.2. The number of rotatable bonds is 8. The number of nitrogens with zero attached hydrogens (tertiary/aromatic N) is 2. The van der Waals surface area contributed by atoms with E-state index in [1.807, 2.05) is 6.07 Å². The topological polar surface area (TPSA) is 71.5 Å². The molecule has 0 spiro atoms. The normalized spacial score (nSPS) is 10.1. The zero-order chi connectivity index (χ0) is 14.8. The van der Waals surface area contributed by atoms with Gasteiger partial charge in [0.2, 0.25) is 11.8 Å². The summed E-state index contributed by atoms with van der Waals surface area (Å²) in [5.41, 5.74) is 0.898. The minimum absolute atomic E-state index is 0.0528. The number of hydrogen-bond donors (Lipinski definition) is 1. The van der Waals surface area contributed by atoms with Gasteiger partial charge < -0.3 is 15.0 Å². The average molecular weight is 279 g/mol. The van der Waals surface area contributed by atoms with Crippen LogP contribution >= 0.6 is 0 Å². The van der Waals surface area contributed by atoms with Gasteiger partial charge in [-0.3, -0.25) is 14.6 Å². The quantitative estimate of drug-likeness (QED) is 0.707. The monoisotopic (exact) mass is 279 g/mol. The van der Waals surface area contributed by atoms with Crippen LogP contribution in [0.25, 0.3) is 0 Å². The van der Waals surface area contributed by atoms with E-state index >= 15 is 0 Å². The smallest absolute Gasteiger partial charge is 0.239 e. The Bertz CT molecular complexity index is 423. The van der Waals surface area contributed by atoms with Gasteiger partial charge in [0.1, 0.15) is 0 Å². The molecular weight excluding hydrogens is 258 g/mol. The average Bonchev–Trinajstić information content (AvgIpc) is 2.44. The standard InChI is InChI=1S/C14H21N3O3/c1-12(18)17(10-13-5-3-6-15-9-13)11-14(19)16-7-4-8-20-2/h3,5-6,9H,4,7-8,10-11H2,1-2H3,(H,16,19). The molecule has 0 bridgehead atoms. The molecule has 0 unspecified atom stereocenters. The Kier molecular flexibility index (Phi) is 7.27. The van der Waals surface area contributed by atoms with Gasteiger partial charge in [-0.15, -0.1) is 0 Å². The van der Waals surface area contributed by atoms with E-state index in [0.29, 0.717) is 19.7 Å². The number of pyridine rings is 1. The summed E-state index contributed by atoms with van der Waals surface area (Å²) in [6, 6.07) is 3.68. The highest BCUT2D eigenvalue weighted by Gasteiger charge is 2.13. The van der Waals surface area contributed by atoms with Crippen molar-refractivity contribution in [3.05, 3.63) is 30.1 Å². The Morgan fingerprint density at radius 1 is 1.45 bits per heavy atom. The molecule has 20 heavy (non-hydrogen) atoms. The highest BCUT2D eigenvalue weighted by molar-refractivity contribution is 5.83. The Morgan fingerprint density at radius 2 is 2.25 bits per heavy atom. The Labute approximate surface area is 119 Å². The molecule has 0 radical (unpaired) electrons. The predicted octanol–water partition coefficient (Wildman–Crippen LogP) is 0.583. The summed E-state index contributed by atoms with van der Waals surface area (Å²) >= 11 is 0. The molecule has 0 saturated heterocycles. The van der Waals surface area contributed by atoms with Crippen LogP contribution < -0.4 is 5.32 Å². The van der Waals surface area contributed by atoms with Gasteiger partial charge in [0.05, 0.1) is 6.54 Å². The minimum atomic E-state index is -0.166. The highest BCUT2D eigenvalue weighted by Crippen LogP contribution is 2.02. The first-order valence-corrected chi connectivity index (χ1v) is 6.53. The third-order valence-electron chi connectivity index (χ3n) is 2.72. The van der Waals surface area contributed by atoms with Gasteiger partial charge in [-0.25, -0.2) is 0 Å². The molecule has 0 aliphatic rings. The van der Waals surface area contributed by atoms with Crippen molar-refractivity contribution >= 4 is 11.8 Å². The number of ether oxygens (including phenoxy) is 1. The molecule has 0 atom stereocenters. The fourth-order valence-corrected chi connectivity index (χ4v) is 1.66. The van der Waals surface area contributed by atoms with Crippen LogP contribution in [0.15, 0.2) is 24.5 Å². The van der Waals surface area contributed by atoms with Crippen molar-refractivity contribution in [2.45, 2.75) is 19.9 Å². The first kappa shape index (κ1) is 16.1. The third-order valence-corrected chi connectivity index (χ3v) is 2.72. The van der Waals surface area contributed by atoms with E-state index in [1.165, 1.54) is 11.8 Å². The van der Waals surface area contributed by atoms with Crippen LogP contribution in [0.5, 0.6) is 0 Å². The summed E-state index contributed by atoms with van der Waals surface area (Å²) in [7, 11) is 1.62. The number of carbonyl (C=O) groups is 2. The van der Waals surface area contributed by atoms with Crippen LogP contribution in [-0.4, -0.2) is 48.5 Å². The molecule has 1 heterocycles. The summed E-state index contributed by atoms with van der Waals surface area (Å²) in [6.45, 7) is 3.04. The fourth-order valence-electron chi connectivity index (χ4n) is 1.66. The fraction of sp³-hybridized carbons (Fsp3) is 0.500. The van der Waals surface area contributed by atoms with Crippen LogP contribution in [0, 0.1) is 0 Å². The molecule has 1 N–H and O–H groups in total. The number of nitrogens with one attached hydrogen (secondary N) is 1. The Hall–Kier alpha value is -1.95. The van der Waals surface area contributed by atoms with Crippen molar-refractivity contribution in [2.75, 3.05) is 26.8 Å². The molecule has 110 valence electrons. The number of aromatic nitrogens is 1. The SMILES string of the molecule is COCCCNC(=O)CN(Cc1cccnc1)C(C)=O. The molecule has 6 nitrogen and oxygen atoms in total. The Balaban J connectivity index is 2.43. The van der Waals surface area contributed by atoms with Crippen LogP contribution in [0.3, 0.4) is 0 Å². The molecule has 0 aromatic carbocycles. The third kappa shape index (κ3) is 6.29. The van der Waals surface area contributed by atoms with E-state index in [0.717, 1.165) is 12.0 Å². The maximum atomic E-state index is 11.7. The van der Waals surface area contributed by atoms with E-state index in [-0.39, 0.29) is 18.4 Å². The lowest BCUT2D eigenvalue weighted by Crippen LogP contribution is -2.39. The molecule has 0 aliphatic carbocycles. The van der Waals surface area contributed by atoms with Crippen LogP contribution in [-0.2, 0) is 20.9 Å². The van der Waals surface area contributed by atoms with E-state index in [9.17, 15) is 9.59 Å². The second-order valence-corrected chi connectivity index (χ2v) is 4.43. The first-order chi connectivity index (χ1) is 9.63. The van der Waals surface area contributed by atoms with Gasteiger partial charge in [-0.05, 0) is 18.1 Å². The molecular formula is C14H21N3O3. The van der Waals surface area contributed by atoms with Crippen LogP contribution in [0.4, 0.5) is 0 Å². The molecule has 2 amide bonds. The van der Waals surface area contributed by atoms with Gasteiger partial charge in [-0.1, -0.05) is 6.07 Å². The van der Waals surface area contributed by atoms with Crippen molar-refractivity contribution in [3.8, 4) is 0 Å². The van der Waals surface area contributed by atoms with Crippen molar-refractivity contribution in [1.82, 2.24) is 15.2 Å². The zero-order valence-electron chi connectivity index (χ0n) is 12.0. The summed E-state index contributed by atoms with van der Waals surface area (Å²) in [4.78, 5) is 28.8. The van der Waals surface area contributed by atoms with Gasteiger partial charge in [0, 0.05) is 46.1 Å². The van der Waals surface area contributed by atoms with Crippen molar-refractivity contribution in [1.29, 1.82) is 0 Å². The molecule has 0 saturated carbocycles. The largest absolute Gasteiger partial charge is 0.385 e. The Morgan fingerprint density at radius 3 is 2.85 bits per heavy atom. The molecule has 1 aromatic heterocycles. The van der Waals surface area contributed by atoms with Crippen LogP contribution in [0.2, 0.25) is 0 Å². The van der Waals surface area contributed by atoms with E-state index in [2.05, 4.69) is 10.3 Å². The van der Waals surface area contributed by atoms with E-state index in [1.54, 1.807) is 25.6 Å². The number of methoxy groups -OCH3 is 1. The van der Waals surface area contributed by atoms with Crippen molar-refractivity contribution in [2.24, 2.45) is 0 Å². The van der Waals surface area contributed by atoms with Gasteiger partial charge >= 0.3 is 0 Å². The molecule has 1 aromatic rings. The van der Waals surface area contributed by atoms with E-state index < -0.39 is 0 Å². The summed E-state index contributed by atoms with van der Waals surface area (Å²) in [5, 5.41) is 2.76. The predicted molar refractivity (Wildman–Crippen MR) is 74.8 cm³/mol. The second kappa shape index (κ2) is 9.03. The maximum absolute atomic E-state index is 11.7. The minimum Gasteiger partial charge on any atom is -0.385 e. The number of hydrogen-bond acceptors (Lipinski definition) is 4. The van der Waals surface area contributed by atoms with E-state index in [4.69, 9.17) is 4.74 Å². The van der Waals surface area contributed by atoms with Gasteiger partial charge in [0.25, 0.3) is 0 Å². The molecule has 1 rings (SSSR count). The molecule has 6 heteroatoms. The molecule has 0 fully saturated rings. The number of amides is 2. The first-order valence-electron chi connectivity index (χ1n) is 6.53.